The van der Waals surface area contributed by atoms with E-state index >= 15 is 0 Å². The number of hydrogen-bond acceptors (Lipinski definition) is 12. The van der Waals surface area contributed by atoms with E-state index in [2.05, 4.69) is 6.92 Å². The molecule has 0 amide bonds. The molecule has 5 heterocycles. The van der Waals surface area contributed by atoms with Crippen molar-refractivity contribution in [3.8, 4) is 11.5 Å². The fourth-order valence-electron chi connectivity index (χ4n) is 8.75. The van der Waals surface area contributed by atoms with Crippen molar-refractivity contribution in [3.05, 3.63) is 178 Å². The van der Waals surface area contributed by atoms with Crippen LogP contribution in [0.15, 0.2) is 133 Å². The minimum Gasteiger partial charge on any atom is -0.507 e. The molecule has 1 N–H and O–H groups in total. The zero-order chi connectivity index (χ0) is 47.1. The molecule has 0 saturated carbocycles. The van der Waals surface area contributed by atoms with Crippen LogP contribution in [0.2, 0.25) is 0 Å². The van der Waals surface area contributed by atoms with Gasteiger partial charge in [-0.15, -0.1) is 0 Å². The molecule has 1 fully saturated rings. The third kappa shape index (κ3) is 10.5. The van der Waals surface area contributed by atoms with Gasteiger partial charge in [-0.25, -0.2) is 4.79 Å². The first kappa shape index (κ1) is 46.7. The van der Waals surface area contributed by atoms with Gasteiger partial charge in [-0.05, 0) is 87.6 Å². The summed E-state index contributed by atoms with van der Waals surface area (Å²) in [5.41, 5.74) is 3.46. The van der Waals surface area contributed by atoms with E-state index in [1.165, 1.54) is 36.4 Å². The summed E-state index contributed by atoms with van der Waals surface area (Å²) in [6, 6.07) is 36.8. The lowest BCUT2D eigenvalue weighted by Gasteiger charge is -2.20. The van der Waals surface area contributed by atoms with Gasteiger partial charge in [-0.1, -0.05) is 113 Å². The van der Waals surface area contributed by atoms with Crippen molar-refractivity contribution in [3.63, 3.8) is 0 Å². The van der Waals surface area contributed by atoms with Crippen LogP contribution >= 0.6 is 21.6 Å². The van der Waals surface area contributed by atoms with Crippen LogP contribution in [0.25, 0.3) is 0 Å². The molecule has 2 aromatic heterocycles. The zero-order valence-corrected chi connectivity index (χ0v) is 38.4. The number of ketones is 4. The number of fused-ring (bicyclic) bond motifs is 2. The van der Waals surface area contributed by atoms with Gasteiger partial charge in [0.25, 0.3) is 0 Å². The minimum atomic E-state index is -0.848. The molecule has 9 rings (SSSR count). The Kier molecular flexibility index (Phi) is 14.5. The van der Waals surface area contributed by atoms with E-state index in [1.807, 2.05) is 50.4 Å². The van der Waals surface area contributed by atoms with Crippen molar-refractivity contribution in [2.24, 2.45) is 0 Å². The average Bonchev–Trinajstić information content (AvgIpc) is 4.20. The maximum Gasteiger partial charge on any atom is 0.347 e. The summed E-state index contributed by atoms with van der Waals surface area (Å²) in [5.74, 6) is -3.78. The third-order valence-corrected chi connectivity index (χ3v) is 15.7. The molecule has 0 radical (unpaired) electrons. The highest BCUT2D eigenvalue weighted by Crippen LogP contribution is 2.49. The van der Waals surface area contributed by atoms with Crippen LogP contribution in [-0.4, -0.2) is 65.8 Å². The summed E-state index contributed by atoms with van der Waals surface area (Å²) in [4.78, 5) is 89.6. The largest absolute Gasteiger partial charge is 0.507 e. The Morgan fingerprint density at radius 2 is 1.21 bits per heavy atom. The fraction of sp³-hybridized carbons (Fsp3) is 0.264. The van der Waals surface area contributed by atoms with Gasteiger partial charge in [0, 0.05) is 52.5 Å². The van der Waals surface area contributed by atoms with Crippen LogP contribution in [0, 0.1) is 0 Å². The number of esters is 3. The highest BCUT2D eigenvalue weighted by Gasteiger charge is 2.37. The Hall–Kier alpha value is -6.77. The van der Waals surface area contributed by atoms with Crippen molar-refractivity contribution in [1.82, 2.24) is 9.13 Å². The van der Waals surface area contributed by atoms with Crippen molar-refractivity contribution in [2.45, 2.75) is 81.5 Å². The summed E-state index contributed by atoms with van der Waals surface area (Å²) in [6.07, 6.45) is 5.20. The lowest BCUT2D eigenvalue weighted by Crippen LogP contribution is -2.22. The molecule has 0 aliphatic carbocycles. The summed E-state index contributed by atoms with van der Waals surface area (Å²) in [5, 5.41) is 9.93. The highest BCUT2D eigenvalue weighted by atomic mass is 33.1. The van der Waals surface area contributed by atoms with Gasteiger partial charge in [0.2, 0.25) is 23.1 Å². The van der Waals surface area contributed by atoms with Gasteiger partial charge in [0.05, 0.1) is 28.8 Å². The molecule has 0 bridgehead atoms. The predicted octanol–water partition coefficient (Wildman–Crippen LogP) is 9.96. The highest BCUT2D eigenvalue weighted by molar-refractivity contribution is 8.77. The zero-order valence-electron chi connectivity index (χ0n) is 36.8. The van der Waals surface area contributed by atoms with E-state index in [0.717, 1.165) is 25.0 Å². The number of carbonyl (C=O) groups is 7. The number of phenolic OH excluding ortho intramolecular Hbond substituents is 1. The summed E-state index contributed by atoms with van der Waals surface area (Å²) < 4.78 is 14.5. The van der Waals surface area contributed by atoms with E-state index in [0.29, 0.717) is 58.9 Å². The number of hydrogen-bond donors (Lipinski definition) is 1. The van der Waals surface area contributed by atoms with E-state index in [4.69, 9.17) is 9.47 Å². The topological polar surface area (TPSA) is 168 Å². The van der Waals surface area contributed by atoms with Gasteiger partial charge in [-0.2, -0.15) is 0 Å². The van der Waals surface area contributed by atoms with Crippen LogP contribution in [0.1, 0.15) is 128 Å². The van der Waals surface area contributed by atoms with Crippen LogP contribution in [0.3, 0.4) is 0 Å². The SMILES string of the molecule is C[C@@]1(CCCCC(=O)OC(=O)C2CCn3c(C(=O)c4ccccc4)ccc32)CCSS1.O=C(Oc1ccccc1C(=O)C(=O)C1CCn2c(C(=O)c3ccccc3)ccc21)c1ccccc1O. The number of aromatic hydroxyl groups is 1. The average molecular weight is 937 g/mol. The number of phenols is 1. The van der Waals surface area contributed by atoms with Crippen molar-refractivity contribution in [1.29, 1.82) is 0 Å². The second kappa shape index (κ2) is 20.8. The van der Waals surface area contributed by atoms with Crippen LogP contribution < -0.4 is 4.74 Å². The Bertz CT molecular complexity index is 2840. The van der Waals surface area contributed by atoms with Crippen LogP contribution in [0.4, 0.5) is 0 Å². The molecule has 3 atom stereocenters. The standard InChI is InChI=1S/C29H21NO6.C24H27NO4S2/c31-24-12-6-4-10-20(24)29(35)36-25-13-7-5-11-21(25)28(34)27(33)19-16-17-30-22(19)14-15-23(30)26(32)18-8-2-1-3-9-18;1-24(14-16-30-31-24)13-6-5-9-21(26)29-23(28)18-12-15-25-19(18)10-11-20(25)22(27)17-7-3-2-4-8-17/h1-15,19,31H,16-17H2;2-4,7-8,10-11,18H,5-6,9,12-16H2,1H3/t;18?,24-/m.1/s1. The Labute approximate surface area is 395 Å². The number of para-hydroxylation sites is 2. The van der Waals surface area contributed by atoms with E-state index in [9.17, 15) is 38.7 Å². The maximum absolute atomic E-state index is 13.3. The number of aromatic nitrogens is 2. The molecule has 67 heavy (non-hydrogen) atoms. The molecule has 1 saturated heterocycles. The third-order valence-electron chi connectivity index (χ3n) is 12.4. The smallest absolute Gasteiger partial charge is 0.347 e. The molecule has 2 unspecified atom stereocenters. The normalized spacial score (nSPS) is 17.9. The summed E-state index contributed by atoms with van der Waals surface area (Å²) >= 11 is 0. The number of Topliss-reactive ketones (excluding diaryl/α,β-unsaturated/α-hetero) is 2. The van der Waals surface area contributed by atoms with Crippen molar-refractivity contribution < 1.29 is 48.1 Å². The lowest BCUT2D eigenvalue weighted by atomic mass is 9.93. The van der Waals surface area contributed by atoms with E-state index in [1.54, 1.807) is 89.5 Å². The first-order valence-corrected chi connectivity index (χ1v) is 24.6. The molecular weight excluding hydrogens is 889 g/mol. The molecular formula is C53H48N2O10S2. The number of benzene rings is 4. The summed E-state index contributed by atoms with van der Waals surface area (Å²) in [7, 11) is 3.87. The molecule has 12 nitrogen and oxygen atoms in total. The molecule has 14 heteroatoms. The monoisotopic (exact) mass is 936 g/mol. The molecule has 342 valence electrons. The Morgan fingerprint density at radius 3 is 1.81 bits per heavy atom. The number of nitrogens with zero attached hydrogens (tertiary/aromatic N) is 2. The lowest BCUT2D eigenvalue weighted by molar-refractivity contribution is -0.160. The first-order valence-electron chi connectivity index (χ1n) is 22.2. The van der Waals surface area contributed by atoms with Crippen molar-refractivity contribution >= 4 is 62.6 Å². The minimum absolute atomic E-state index is 0.0446. The van der Waals surface area contributed by atoms with E-state index < -0.39 is 41.3 Å². The summed E-state index contributed by atoms with van der Waals surface area (Å²) in [6.45, 7) is 3.29. The molecule has 3 aliphatic rings. The second-order valence-electron chi connectivity index (χ2n) is 16.9. The van der Waals surface area contributed by atoms with Gasteiger partial charge >= 0.3 is 17.9 Å². The first-order chi connectivity index (χ1) is 32.4. The van der Waals surface area contributed by atoms with Gasteiger partial charge in [0.15, 0.2) is 0 Å². The molecule has 0 spiro atoms. The fourth-order valence-corrected chi connectivity index (χ4v) is 12.0. The Balaban J connectivity index is 0.000000184. The molecule has 6 aromatic rings. The van der Waals surface area contributed by atoms with Crippen LogP contribution in [-0.2, 0) is 32.2 Å². The van der Waals surface area contributed by atoms with Gasteiger partial charge < -0.3 is 23.7 Å². The number of rotatable bonds is 15. The quantitative estimate of drug-likeness (QED) is 0.0197. The van der Waals surface area contributed by atoms with Gasteiger partial charge in [-0.3, -0.25) is 28.8 Å². The van der Waals surface area contributed by atoms with Crippen LogP contribution in [0.5, 0.6) is 11.5 Å². The van der Waals surface area contributed by atoms with E-state index in [-0.39, 0.29) is 40.6 Å². The number of carbonyl (C=O) groups excluding carboxylic acids is 7. The maximum atomic E-state index is 13.3. The number of unbranched alkanes of at least 4 members (excludes halogenated alkanes) is 1. The Morgan fingerprint density at radius 1 is 0.657 bits per heavy atom. The van der Waals surface area contributed by atoms with Crippen molar-refractivity contribution in [2.75, 3.05) is 5.75 Å². The number of ether oxygens (including phenoxy) is 2. The van der Waals surface area contributed by atoms with Gasteiger partial charge in [0.1, 0.15) is 17.1 Å². The molecule has 4 aromatic carbocycles. The molecule has 3 aliphatic heterocycles. The second-order valence-corrected chi connectivity index (χ2v) is 19.9. The predicted molar refractivity (Wildman–Crippen MR) is 255 cm³/mol.